The Morgan fingerprint density at radius 3 is 2.32 bits per heavy atom. The van der Waals surface area contributed by atoms with Gasteiger partial charge in [0.1, 0.15) is 12.4 Å². The van der Waals surface area contributed by atoms with Gasteiger partial charge in [-0.15, -0.1) is 0 Å². The van der Waals surface area contributed by atoms with Gasteiger partial charge in [0, 0.05) is 23.3 Å². The minimum atomic E-state index is 0.500. The molecule has 1 heterocycles. The third kappa shape index (κ3) is 4.04. The number of aryl methyl sites for hydroxylation is 1. The van der Waals surface area contributed by atoms with Crippen LogP contribution >= 0.6 is 47.8 Å². The van der Waals surface area contributed by atoms with E-state index in [1.807, 2.05) is 31.5 Å². The number of ether oxygens (including phenoxy) is 1. The van der Waals surface area contributed by atoms with Crippen LogP contribution in [0.15, 0.2) is 39.5 Å². The number of pyridine rings is 1. The maximum absolute atomic E-state index is 5.86. The van der Waals surface area contributed by atoms with Crippen LogP contribution < -0.4 is 4.74 Å². The molecule has 2 aromatic rings. The Kier molecular flexibility index (Phi) is 5.42. The fraction of sp³-hybridized carbons (Fsp3) is 0.214. The average Bonchev–Trinajstić information content (AvgIpc) is 2.37. The molecule has 0 fully saturated rings. The zero-order valence-electron chi connectivity index (χ0n) is 10.3. The van der Waals surface area contributed by atoms with Gasteiger partial charge in [0.05, 0.1) is 8.95 Å². The molecule has 0 saturated carbocycles. The molecular weight excluding hydrogens is 438 g/mol. The fourth-order valence-corrected chi connectivity index (χ4v) is 3.51. The highest BCUT2D eigenvalue weighted by Crippen LogP contribution is 2.35. The number of aromatic nitrogens is 1. The second kappa shape index (κ2) is 6.86. The Hall–Kier alpha value is -0.390. The molecule has 0 saturated heterocycles. The van der Waals surface area contributed by atoms with Crippen molar-refractivity contribution in [3.05, 3.63) is 56.2 Å². The molecule has 0 atom stereocenters. The zero-order valence-corrected chi connectivity index (χ0v) is 15.0. The summed E-state index contributed by atoms with van der Waals surface area (Å²) in [5, 5.41) is 0.812. The molecule has 1 aromatic carbocycles. The lowest BCUT2D eigenvalue weighted by Crippen LogP contribution is -1.98. The monoisotopic (exact) mass is 447 g/mol. The number of rotatable bonds is 4. The van der Waals surface area contributed by atoms with Crippen LogP contribution in [0.2, 0.25) is 0 Å². The van der Waals surface area contributed by atoms with Crippen LogP contribution in [0.4, 0.5) is 0 Å². The van der Waals surface area contributed by atoms with Gasteiger partial charge in [-0.2, -0.15) is 0 Å². The van der Waals surface area contributed by atoms with Crippen LogP contribution in [0.5, 0.6) is 5.75 Å². The van der Waals surface area contributed by atoms with Crippen molar-refractivity contribution in [3.8, 4) is 5.75 Å². The topological polar surface area (TPSA) is 22.1 Å². The molecule has 0 spiro atoms. The maximum atomic E-state index is 5.86. The van der Waals surface area contributed by atoms with E-state index in [4.69, 9.17) is 4.74 Å². The van der Waals surface area contributed by atoms with Gasteiger partial charge >= 0.3 is 0 Å². The highest BCUT2D eigenvalue weighted by Gasteiger charge is 2.09. The summed E-state index contributed by atoms with van der Waals surface area (Å²) in [6.45, 7) is 2.52. The zero-order chi connectivity index (χ0) is 13.8. The number of halogens is 3. The molecule has 0 radical (unpaired) electrons. The Morgan fingerprint density at radius 1 is 1.05 bits per heavy atom. The Labute approximate surface area is 138 Å². The van der Waals surface area contributed by atoms with Crippen LogP contribution in [0, 0.1) is 6.92 Å². The van der Waals surface area contributed by atoms with Crippen molar-refractivity contribution in [1.82, 2.24) is 4.98 Å². The molecule has 1 aromatic heterocycles. The third-order valence-corrected chi connectivity index (χ3v) is 4.35. The van der Waals surface area contributed by atoms with E-state index in [0.717, 1.165) is 31.2 Å². The summed E-state index contributed by atoms with van der Waals surface area (Å²) >= 11 is 10.5. The van der Waals surface area contributed by atoms with Gasteiger partial charge in [-0.25, -0.2) is 0 Å². The molecule has 100 valence electrons. The van der Waals surface area contributed by atoms with Gasteiger partial charge < -0.3 is 4.74 Å². The highest BCUT2D eigenvalue weighted by atomic mass is 79.9. The van der Waals surface area contributed by atoms with E-state index in [1.54, 1.807) is 0 Å². The van der Waals surface area contributed by atoms with Gasteiger partial charge in [0.25, 0.3) is 0 Å². The standard InChI is InChI=1S/C14H12Br3NO/c1-9-2-11(7-18-6-9)8-19-14-12(16)3-10(5-15)4-13(14)17/h2-4,6-7H,5,8H2,1H3. The molecule has 0 unspecified atom stereocenters. The molecule has 0 N–H and O–H groups in total. The quantitative estimate of drug-likeness (QED) is 0.584. The van der Waals surface area contributed by atoms with Crippen molar-refractivity contribution in [2.75, 3.05) is 0 Å². The summed E-state index contributed by atoms with van der Waals surface area (Å²) in [7, 11) is 0. The molecule has 0 bridgehead atoms. The molecule has 2 rings (SSSR count). The lowest BCUT2D eigenvalue weighted by atomic mass is 10.2. The fourth-order valence-electron chi connectivity index (χ4n) is 1.68. The molecule has 5 heteroatoms. The van der Waals surface area contributed by atoms with Crippen molar-refractivity contribution in [3.63, 3.8) is 0 Å². The van der Waals surface area contributed by atoms with E-state index >= 15 is 0 Å². The van der Waals surface area contributed by atoms with Crippen LogP contribution in [0.3, 0.4) is 0 Å². The van der Waals surface area contributed by atoms with E-state index in [1.165, 1.54) is 5.56 Å². The molecule has 2 nitrogen and oxygen atoms in total. The number of hydrogen-bond donors (Lipinski definition) is 0. The highest BCUT2D eigenvalue weighted by molar-refractivity contribution is 9.11. The Bertz CT molecular complexity index is 564. The van der Waals surface area contributed by atoms with E-state index in [9.17, 15) is 0 Å². The Morgan fingerprint density at radius 2 is 1.74 bits per heavy atom. The van der Waals surface area contributed by atoms with Crippen LogP contribution in [-0.2, 0) is 11.9 Å². The number of alkyl halides is 1. The first-order valence-electron chi connectivity index (χ1n) is 5.67. The molecule has 0 aliphatic rings. The van der Waals surface area contributed by atoms with Crippen LogP contribution in [-0.4, -0.2) is 4.98 Å². The molecule has 0 aliphatic heterocycles. The second-order valence-electron chi connectivity index (χ2n) is 4.18. The number of benzene rings is 1. The van der Waals surface area contributed by atoms with Gasteiger partial charge in [0.15, 0.2) is 0 Å². The van der Waals surface area contributed by atoms with E-state index in [0.29, 0.717) is 6.61 Å². The lowest BCUT2D eigenvalue weighted by molar-refractivity contribution is 0.301. The van der Waals surface area contributed by atoms with Gasteiger partial charge in [-0.1, -0.05) is 15.9 Å². The largest absolute Gasteiger partial charge is 0.486 e. The smallest absolute Gasteiger partial charge is 0.148 e. The summed E-state index contributed by atoms with van der Waals surface area (Å²) in [4.78, 5) is 4.16. The first-order valence-corrected chi connectivity index (χ1v) is 8.38. The average molecular weight is 450 g/mol. The van der Waals surface area contributed by atoms with Crippen LogP contribution in [0.1, 0.15) is 16.7 Å². The predicted molar refractivity (Wildman–Crippen MR) is 87.8 cm³/mol. The molecule has 0 aliphatic carbocycles. The predicted octanol–water partition coefficient (Wildman–Crippen LogP) is 5.39. The van der Waals surface area contributed by atoms with Crippen molar-refractivity contribution >= 4 is 47.8 Å². The first-order chi connectivity index (χ1) is 9.10. The van der Waals surface area contributed by atoms with Crippen molar-refractivity contribution < 1.29 is 4.74 Å². The van der Waals surface area contributed by atoms with E-state index < -0.39 is 0 Å². The minimum absolute atomic E-state index is 0.500. The molecular formula is C14H12Br3NO. The number of hydrogen-bond acceptors (Lipinski definition) is 2. The Balaban J connectivity index is 2.16. The molecule has 0 amide bonds. The minimum Gasteiger partial charge on any atom is -0.486 e. The normalized spacial score (nSPS) is 10.5. The lowest BCUT2D eigenvalue weighted by Gasteiger charge is -2.12. The van der Waals surface area contributed by atoms with E-state index in [2.05, 4.69) is 58.8 Å². The van der Waals surface area contributed by atoms with Gasteiger partial charge in [-0.05, 0) is 68.1 Å². The van der Waals surface area contributed by atoms with E-state index in [-0.39, 0.29) is 0 Å². The van der Waals surface area contributed by atoms with Crippen molar-refractivity contribution in [2.24, 2.45) is 0 Å². The number of nitrogens with zero attached hydrogens (tertiary/aromatic N) is 1. The summed E-state index contributed by atoms with van der Waals surface area (Å²) in [5.41, 5.74) is 3.38. The van der Waals surface area contributed by atoms with Crippen molar-refractivity contribution in [2.45, 2.75) is 18.9 Å². The van der Waals surface area contributed by atoms with Gasteiger partial charge in [-0.3, -0.25) is 4.98 Å². The van der Waals surface area contributed by atoms with Crippen LogP contribution in [0.25, 0.3) is 0 Å². The third-order valence-electron chi connectivity index (χ3n) is 2.53. The first kappa shape index (κ1) is 15.0. The SMILES string of the molecule is Cc1cncc(COc2c(Br)cc(CBr)cc2Br)c1. The summed E-state index contributed by atoms with van der Waals surface area (Å²) < 4.78 is 7.74. The summed E-state index contributed by atoms with van der Waals surface area (Å²) in [6, 6.07) is 6.16. The van der Waals surface area contributed by atoms with Gasteiger partial charge in [0.2, 0.25) is 0 Å². The molecule has 19 heavy (non-hydrogen) atoms. The second-order valence-corrected chi connectivity index (χ2v) is 6.45. The van der Waals surface area contributed by atoms with Crippen molar-refractivity contribution in [1.29, 1.82) is 0 Å². The summed E-state index contributed by atoms with van der Waals surface area (Å²) in [5.74, 6) is 0.811. The maximum Gasteiger partial charge on any atom is 0.148 e. The summed E-state index contributed by atoms with van der Waals surface area (Å²) in [6.07, 6.45) is 3.65.